The number of rotatable bonds is 7. The Balaban J connectivity index is 1.63. The van der Waals surface area contributed by atoms with Crippen molar-refractivity contribution in [2.75, 3.05) is 38.6 Å². The molecule has 0 aliphatic carbocycles. The highest BCUT2D eigenvalue weighted by atomic mass is 19.4. The number of allylic oxidation sites excluding steroid dienone is 4. The van der Waals surface area contributed by atoms with Gasteiger partial charge in [-0.3, -0.25) is 9.69 Å². The van der Waals surface area contributed by atoms with Gasteiger partial charge in [0.15, 0.2) is 5.78 Å². The summed E-state index contributed by atoms with van der Waals surface area (Å²) < 4.78 is 47.5. The molecule has 1 unspecified atom stereocenters. The van der Waals surface area contributed by atoms with Gasteiger partial charge in [0.2, 0.25) is 0 Å². The van der Waals surface area contributed by atoms with Crippen LogP contribution in [0.25, 0.3) is 5.70 Å². The SMILES string of the molecule is CC(C)=CC(=O)c1ccc(CCN2C(c3cnc(N)cc3C(F)(F)F)=CC=CC2N2CCOCC2)cc1. The lowest BCUT2D eigenvalue weighted by molar-refractivity contribution is -0.137. The number of hydrogen-bond acceptors (Lipinski definition) is 6. The van der Waals surface area contributed by atoms with Crippen LogP contribution in [-0.2, 0) is 17.3 Å². The fraction of sp³-hybridized carbons (Fsp3) is 0.357. The Morgan fingerprint density at radius 1 is 1.19 bits per heavy atom. The maximum atomic E-state index is 14.0. The largest absolute Gasteiger partial charge is 0.417 e. The summed E-state index contributed by atoms with van der Waals surface area (Å²) in [4.78, 5) is 20.5. The van der Waals surface area contributed by atoms with Gasteiger partial charge in [0.05, 0.1) is 18.8 Å². The van der Waals surface area contributed by atoms with Crippen LogP contribution >= 0.6 is 0 Å². The number of ether oxygens (including phenoxy) is 1. The quantitative estimate of drug-likeness (QED) is 0.418. The first-order chi connectivity index (χ1) is 17.6. The zero-order chi connectivity index (χ0) is 26.6. The molecule has 2 N–H and O–H groups in total. The van der Waals surface area contributed by atoms with Crippen LogP contribution in [0.15, 0.2) is 66.4 Å². The maximum absolute atomic E-state index is 14.0. The summed E-state index contributed by atoms with van der Waals surface area (Å²) in [5, 5.41) is 0. The van der Waals surface area contributed by atoms with Gasteiger partial charge < -0.3 is 15.4 Å². The first-order valence-electron chi connectivity index (χ1n) is 12.2. The van der Waals surface area contributed by atoms with Crippen molar-refractivity contribution < 1.29 is 22.7 Å². The molecule has 0 saturated carbocycles. The molecule has 0 spiro atoms. The third-order valence-electron chi connectivity index (χ3n) is 6.39. The molecular weight excluding hydrogens is 481 g/mol. The lowest BCUT2D eigenvalue weighted by Gasteiger charge is -2.43. The number of aromatic nitrogens is 1. The van der Waals surface area contributed by atoms with Crippen LogP contribution in [0.2, 0.25) is 0 Å². The van der Waals surface area contributed by atoms with Crippen LogP contribution in [0, 0.1) is 0 Å². The van der Waals surface area contributed by atoms with E-state index >= 15 is 0 Å². The Bertz CT molecular complexity index is 1210. The molecule has 9 heteroatoms. The third-order valence-corrected chi connectivity index (χ3v) is 6.39. The normalized spacial score (nSPS) is 18.5. The molecule has 1 saturated heterocycles. The monoisotopic (exact) mass is 512 g/mol. The van der Waals surface area contributed by atoms with E-state index in [-0.39, 0.29) is 23.3 Å². The molecule has 4 rings (SSSR count). The molecule has 2 aliphatic heterocycles. The van der Waals surface area contributed by atoms with Gasteiger partial charge in [0.1, 0.15) is 12.0 Å². The lowest BCUT2D eigenvalue weighted by Crippen LogP contribution is -2.52. The number of alkyl halides is 3. The third kappa shape index (κ3) is 6.47. The number of pyridine rings is 1. The maximum Gasteiger partial charge on any atom is 0.417 e. The van der Waals surface area contributed by atoms with E-state index in [0.29, 0.717) is 50.5 Å². The Kier molecular flexibility index (Phi) is 8.14. The number of anilines is 1. The van der Waals surface area contributed by atoms with E-state index in [9.17, 15) is 18.0 Å². The molecule has 0 bridgehead atoms. The number of carbonyl (C=O) groups is 1. The van der Waals surface area contributed by atoms with Crippen molar-refractivity contribution in [2.24, 2.45) is 0 Å². The molecule has 1 aromatic carbocycles. The first kappa shape index (κ1) is 26.6. The van der Waals surface area contributed by atoms with Gasteiger partial charge in [-0.2, -0.15) is 13.2 Å². The second kappa shape index (κ2) is 11.3. The molecule has 0 radical (unpaired) electrons. The lowest BCUT2D eigenvalue weighted by atomic mass is 10.0. The van der Waals surface area contributed by atoms with E-state index in [1.165, 1.54) is 6.20 Å². The van der Waals surface area contributed by atoms with Crippen molar-refractivity contribution in [2.45, 2.75) is 32.6 Å². The minimum atomic E-state index is -4.58. The number of carbonyl (C=O) groups excluding carboxylic acids is 1. The van der Waals surface area contributed by atoms with E-state index in [1.54, 1.807) is 30.4 Å². The van der Waals surface area contributed by atoms with Gasteiger partial charge in [0.25, 0.3) is 0 Å². The van der Waals surface area contributed by atoms with Gasteiger partial charge in [0, 0.05) is 42.7 Å². The van der Waals surface area contributed by atoms with Gasteiger partial charge in [-0.1, -0.05) is 35.9 Å². The standard InChI is InChI=1S/C28H31F3N4O2/c1-19(2)16-25(36)21-8-6-20(7-9-21)10-11-35-24(4-3-5-27(35)34-12-14-37-15-13-34)22-18-33-26(32)17-23(22)28(29,30)31/h3-9,16-18,27H,10-15H2,1-2H3,(H2,32,33). The van der Waals surface area contributed by atoms with Crippen molar-refractivity contribution in [3.63, 3.8) is 0 Å². The van der Waals surface area contributed by atoms with Gasteiger partial charge in [-0.25, -0.2) is 4.98 Å². The van der Waals surface area contributed by atoms with Crippen molar-refractivity contribution in [3.8, 4) is 0 Å². The van der Waals surface area contributed by atoms with Gasteiger partial charge in [-0.15, -0.1) is 0 Å². The minimum absolute atomic E-state index is 0.00743. The van der Waals surface area contributed by atoms with Crippen molar-refractivity contribution in [1.82, 2.24) is 14.8 Å². The van der Waals surface area contributed by atoms with Gasteiger partial charge >= 0.3 is 6.18 Å². The average molecular weight is 513 g/mol. The summed E-state index contributed by atoms with van der Waals surface area (Å²) in [6, 6.07) is 8.25. The van der Waals surface area contributed by atoms with E-state index in [4.69, 9.17) is 10.5 Å². The molecule has 2 aliphatic rings. The predicted molar refractivity (Wildman–Crippen MR) is 138 cm³/mol. The molecule has 3 heterocycles. The van der Waals surface area contributed by atoms with Gasteiger partial charge in [-0.05, 0) is 50.1 Å². The molecule has 6 nitrogen and oxygen atoms in total. The zero-order valence-electron chi connectivity index (χ0n) is 21.0. The summed E-state index contributed by atoms with van der Waals surface area (Å²) in [6.45, 7) is 6.68. The fourth-order valence-electron chi connectivity index (χ4n) is 4.59. The number of nitrogen functional groups attached to an aromatic ring is 1. The van der Waals surface area contributed by atoms with Crippen LogP contribution in [0.5, 0.6) is 0 Å². The van der Waals surface area contributed by atoms with E-state index in [1.807, 2.05) is 37.0 Å². The van der Waals surface area contributed by atoms with Crippen molar-refractivity contribution in [3.05, 3.63) is 88.7 Å². The average Bonchev–Trinajstić information content (AvgIpc) is 2.87. The molecule has 1 fully saturated rings. The summed E-state index contributed by atoms with van der Waals surface area (Å²) in [6.07, 6.45) is 4.05. The topological polar surface area (TPSA) is 71.7 Å². The van der Waals surface area contributed by atoms with Crippen molar-refractivity contribution >= 4 is 17.3 Å². The zero-order valence-corrected chi connectivity index (χ0v) is 21.0. The molecule has 37 heavy (non-hydrogen) atoms. The fourth-order valence-corrected chi connectivity index (χ4v) is 4.59. The van der Waals surface area contributed by atoms with Crippen LogP contribution in [-0.4, -0.2) is 59.6 Å². The number of nitrogens with two attached hydrogens (primary N) is 1. The Morgan fingerprint density at radius 2 is 1.89 bits per heavy atom. The molecule has 1 atom stereocenters. The van der Waals surface area contributed by atoms with Crippen LogP contribution < -0.4 is 5.73 Å². The molecule has 196 valence electrons. The van der Waals surface area contributed by atoms with Crippen LogP contribution in [0.4, 0.5) is 19.0 Å². The Labute approximate surface area is 214 Å². The van der Waals surface area contributed by atoms with E-state index in [2.05, 4.69) is 9.88 Å². The Hall–Kier alpha value is -3.43. The minimum Gasteiger partial charge on any atom is -0.384 e. The number of morpholine rings is 1. The molecule has 2 aromatic rings. The summed E-state index contributed by atoms with van der Waals surface area (Å²) in [7, 11) is 0. The Morgan fingerprint density at radius 3 is 2.54 bits per heavy atom. The smallest absolute Gasteiger partial charge is 0.384 e. The molecule has 0 amide bonds. The van der Waals surface area contributed by atoms with Crippen molar-refractivity contribution in [1.29, 1.82) is 0 Å². The number of nitrogens with zero attached hydrogens (tertiary/aromatic N) is 3. The highest BCUT2D eigenvalue weighted by Gasteiger charge is 2.37. The molecular formula is C28H31F3N4O2. The summed E-state index contributed by atoms with van der Waals surface area (Å²) in [5.41, 5.74) is 7.75. The highest BCUT2D eigenvalue weighted by Crippen LogP contribution is 2.38. The predicted octanol–water partition coefficient (Wildman–Crippen LogP) is 4.95. The first-order valence-corrected chi connectivity index (χ1v) is 12.2. The molecule has 1 aromatic heterocycles. The number of hydrogen-bond donors (Lipinski definition) is 1. The summed E-state index contributed by atoms with van der Waals surface area (Å²) >= 11 is 0. The van der Waals surface area contributed by atoms with Crippen LogP contribution in [0.3, 0.4) is 0 Å². The second-order valence-corrected chi connectivity index (χ2v) is 9.38. The highest BCUT2D eigenvalue weighted by molar-refractivity contribution is 6.04. The van der Waals surface area contributed by atoms with E-state index in [0.717, 1.165) is 17.2 Å². The number of ketones is 1. The number of benzene rings is 1. The van der Waals surface area contributed by atoms with Crippen LogP contribution in [0.1, 0.15) is 40.9 Å². The number of halogens is 3. The van der Waals surface area contributed by atoms with E-state index < -0.39 is 11.7 Å². The second-order valence-electron chi connectivity index (χ2n) is 9.38. The summed E-state index contributed by atoms with van der Waals surface area (Å²) in [5.74, 6) is -0.233.